The minimum Gasteiger partial charge on any atom is -0.497 e. The van der Waals surface area contributed by atoms with Crippen LogP contribution in [0, 0.1) is 0 Å². The van der Waals surface area contributed by atoms with Crippen molar-refractivity contribution in [2.75, 3.05) is 19.5 Å². The lowest BCUT2D eigenvalue weighted by Gasteiger charge is -2.10. The summed E-state index contributed by atoms with van der Waals surface area (Å²) in [5.41, 5.74) is 7.81. The summed E-state index contributed by atoms with van der Waals surface area (Å²) in [7, 11) is 1.56. The van der Waals surface area contributed by atoms with Crippen molar-refractivity contribution in [1.29, 1.82) is 0 Å². The van der Waals surface area contributed by atoms with Crippen molar-refractivity contribution in [2.24, 2.45) is 0 Å². The molecule has 0 bridgehead atoms. The van der Waals surface area contributed by atoms with Crippen molar-refractivity contribution >= 4 is 17.7 Å². The number of benzene rings is 2. The molecule has 0 atom stereocenters. The van der Waals surface area contributed by atoms with Crippen LogP contribution in [0.25, 0.3) is 11.3 Å². The molecule has 1 heterocycles. The Labute approximate surface area is 162 Å². The van der Waals surface area contributed by atoms with Gasteiger partial charge in [-0.25, -0.2) is 4.79 Å². The Morgan fingerprint density at radius 2 is 1.75 bits per heavy atom. The van der Waals surface area contributed by atoms with Crippen molar-refractivity contribution in [3.8, 4) is 17.0 Å². The van der Waals surface area contributed by atoms with Crippen LogP contribution in [0.3, 0.4) is 0 Å². The van der Waals surface area contributed by atoms with Crippen LogP contribution in [0.4, 0.5) is 5.82 Å². The van der Waals surface area contributed by atoms with Crippen LogP contribution in [0.1, 0.15) is 27.6 Å². The van der Waals surface area contributed by atoms with Gasteiger partial charge in [0, 0.05) is 5.56 Å². The SMILES string of the molecule is CCOC(=O)c1c(N)nn(C(=O)Cc2ccccc2)c1-c1ccc(OC)cc1. The van der Waals surface area contributed by atoms with E-state index in [1.54, 1.807) is 38.3 Å². The number of nitrogens with zero attached hydrogens (tertiary/aromatic N) is 2. The number of ether oxygens (including phenoxy) is 2. The average molecular weight is 379 g/mol. The number of aromatic nitrogens is 2. The lowest BCUT2D eigenvalue weighted by atomic mass is 10.1. The van der Waals surface area contributed by atoms with E-state index in [1.165, 1.54) is 4.68 Å². The standard InChI is InChI=1S/C21H21N3O4/c1-3-28-21(26)18-19(15-9-11-16(27-2)12-10-15)24(23-20(18)22)17(25)13-14-7-5-4-6-8-14/h4-12H,3,13H2,1-2H3,(H2,22,23). The first-order valence-electron chi connectivity index (χ1n) is 8.82. The van der Waals surface area contributed by atoms with Crippen LogP contribution < -0.4 is 10.5 Å². The predicted molar refractivity (Wildman–Crippen MR) is 105 cm³/mol. The van der Waals surface area contributed by atoms with Crippen LogP contribution >= 0.6 is 0 Å². The maximum atomic E-state index is 12.9. The summed E-state index contributed by atoms with van der Waals surface area (Å²) in [5.74, 6) is -0.328. The Balaban J connectivity index is 2.09. The van der Waals surface area contributed by atoms with Gasteiger partial charge in [0.15, 0.2) is 5.82 Å². The first-order chi connectivity index (χ1) is 13.5. The van der Waals surface area contributed by atoms with E-state index < -0.39 is 5.97 Å². The van der Waals surface area contributed by atoms with Crippen LogP contribution in [0.15, 0.2) is 54.6 Å². The lowest BCUT2D eigenvalue weighted by molar-refractivity contribution is 0.0528. The summed E-state index contributed by atoms with van der Waals surface area (Å²) in [4.78, 5) is 25.4. The zero-order valence-corrected chi connectivity index (χ0v) is 15.7. The van der Waals surface area contributed by atoms with Gasteiger partial charge in [-0.05, 0) is 36.8 Å². The maximum absolute atomic E-state index is 12.9. The Morgan fingerprint density at radius 3 is 2.36 bits per heavy atom. The summed E-state index contributed by atoms with van der Waals surface area (Å²) in [6.07, 6.45) is 0.118. The predicted octanol–water partition coefficient (Wildman–Crippen LogP) is 3.20. The molecule has 2 N–H and O–H groups in total. The topological polar surface area (TPSA) is 96.4 Å². The average Bonchev–Trinajstić information content (AvgIpc) is 3.06. The highest BCUT2D eigenvalue weighted by Crippen LogP contribution is 2.30. The van der Waals surface area contributed by atoms with E-state index in [2.05, 4.69) is 5.10 Å². The van der Waals surface area contributed by atoms with Gasteiger partial charge in [-0.2, -0.15) is 4.68 Å². The van der Waals surface area contributed by atoms with E-state index in [-0.39, 0.29) is 30.3 Å². The number of carbonyl (C=O) groups excluding carboxylic acids is 2. The van der Waals surface area contributed by atoms with Crippen LogP contribution in [-0.2, 0) is 11.2 Å². The maximum Gasteiger partial charge on any atom is 0.344 e. The van der Waals surface area contributed by atoms with Crippen LogP contribution in [-0.4, -0.2) is 35.4 Å². The third kappa shape index (κ3) is 3.88. The second-order valence-corrected chi connectivity index (χ2v) is 6.03. The molecule has 0 fully saturated rings. The smallest absolute Gasteiger partial charge is 0.344 e. The van der Waals surface area contributed by atoms with Gasteiger partial charge in [0.2, 0.25) is 0 Å². The molecule has 3 rings (SSSR count). The first-order valence-corrected chi connectivity index (χ1v) is 8.82. The Bertz CT molecular complexity index is 979. The van der Waals surface area contributed by atoms with E-state index >= 15 is 0 Å². The van der Waals surface area contributed by atoms with Crippen molar-refractivity contribution < 1.29 is 19.1 Å². The Kier molecular flexibility index (Phi) is 5.74. The van der Waals surface area contributed by atoms with E-state index in [9.17, 15) is 9.59 Å². The number of hydrogen-bond acceptors (Lipinski definition) is 6. The molecule has 0 aliphatic carbocycles. The second kappa shape index (κ2) is 8.39. The molecule has 0 saturated carbocycles. The van der Waals surface area contributed by atoms with Gasteiger partial charge in [0.25, 0.3) is 5.91 Å². The lowest BCUT2D eigenvalue weighted by Crippen LogP contribution is -2.17. The van der Waals surface area contributed by atoms with Crippen molar-refractivity contribution in [2.45, 2.75) is 13.3 Å². The van der Waals surface area contributed by atoms with Gasteiger partial charge in [-0.3, -0.25) is 4.79 Å². The molecular weight excluding hydrogens is 358 g/mol. The normalized spacial score (nSPS) is 10.5. The zero-order chi connectivity index (χ0) is 20.1. The number of anilines is 1. The fourth-order valence-electron chi connectivity index (χ4n) is 2.88. The summed E-state index contributed by atoms with van der Waals surface area (Å²) >= 11 is 0. The molecule has 7 heteroatoms. The van der Waals surface area contributed by atoms with Gasteiger partial charge < -0.3 is 15.2 Å². The highest BCUT2D eigenvalue weighted by molar-refractivity contribution is 6.03. The van der Waals surface area contributed by atoms with Crippen molar-refractivity contribution in [1.82, 2.24) is 9.78 Å². The van der Waals surface area contributed by atoms with Gasteiger partial charge in [-0.1, -0.05) is 30.3 Å². The number of methoxy groups -OCH3 is 1. The van der Waals surface area contributed by atoms with Gasteiger partial charge >= 0.3 is 5.97 Å². The quantitative estimate of drug-likeness (QED) is 0.661. The Morgan fingerprint density at radius 1 is 1.07 bits per heavy atom. The molecular formula is C21H21N3O4. The molecule has 0 radical (unpaired) electrons. The number of esters is 1. The second-order valence-electron chi connectivity index (χ2n) is 6.03. The Hall–Kier alpha value is -3.61. The fraction of sp³-hybridized carbons (Fsp3) is 0.190. The van der Waals surface area contributed by atoms with Gasteiger partial charge in [0.05, 0.1) is 25.8 Å². The van der Waals surface area contributed by atoms with E-state index in [4.69, 9.17) is 15.2 Å². The molecule has 0 saturated heterocycles. The monoisotopic (exact) mass is 379 g/mol. The molecule has 0 aliphatic rings. The third-order valence-corrected chi connectivity index (χ3v) is 4.19. The molecule has 1 aromatic heterocycles. The molecule has 0 unspecified atom stereocenters. The molecule has 28 heavy (non-hydrogen) atoms. The summed E-state index contributed by atoms with van der Waals surface area (Å²) < 4.78 is 11.5. The minimum atomic E-state index is -0.621. The van der Waals surface area contributed by atoms with Crippen molar-refractivity contribution in [3.63, 3.8) is 0 Å². The van der Waals surface area contributed by atoms with Gasteiger partial charge in [-0.15, -0.1) is 5.10 Å². The van der Waals surface area contributed by atoms with Crippen LogP contribution in [0.5, 0.6) is 5.75 Å². The molecule has 0 spiro atoms. The molecule has 144 valence electrons. The first kappa shape index (κ1) is 19.2. The van der Waals surface area contributed by atoms with Crippen molar-refractivity contribution in [3.05, 3.63) is 65.7 Å². The van der Waals surface area contributed by atoms with E-state index in [0.717, 1.165) is 5.56 Å². The number of hydrogen-bond donors (Lipinski definition) is 1. The molecule has 3 aromatic rings. The minimum absolute atomic E-state index is 0.0503. The number of carbonyl (C=O) groups is 2. The molecule has 7 nitrogen and oxygen atoms in total. The highest BCUT2D eigenvalue weighted by Gasteiger charge is 2.27. The highest BCUT2D eigenvalue weighted by atomic mass is 16.5. The number of rotatable bonds is 6. The van der Waals surface area contributed by atoms with Gasteiger partial charge in [0.1, 0.15) is 11.3 Å². The summed E-state index contributed by atoms with van der Waals surface area (Å²) in [5, 5.41) is 4.14. The zero-order valence-electron chi connectivity index (χ0n) is 15.7. The molecule has 0 amide bonds. The number of nitrogens with two attached hydrogens (primary N) is 1. The number of nitrogen functional groups attached to an aromatic ring is 1. The fourth-order valence-corrected chi connectivity index (χ4v) is 2.88. The summed E-state index contributed by atoms with van der Waals surface area (Å²) in [6.45, 7) is 1.88. The molecule has 0 aliphatic heterocycles. The largest absolute Gasteiger partial charge is 0.497 e. The third-order valence-electron chi connectivity index (χ3n) is 4.19. The summed E-state index contributed by atoms with van der Waals surface area (Å²) in [6, 6.07) is 16.2. The van der Waals surface area contributed by atoms with E-state index in [1.807, 2.05) is 30.3 Å². The van der Waals surface area contributed by atoms with Crippen LogP contribution in [0.2, 0.25) is 0 Å². The molecule has 2 aromatic carbocycles. The van der Waals surface area contributed by atoms with E-state index in [0.29, 0.717) is 17.0 Å².